The standard InChI is InChI=1S/C16H19NO2S/c1-14-6-5-9-16(12-14)13-20(18,19)17-11-10-15-7-3-2-4-8-15/h2-9,12,17H,10-11,13H2,1H3. The lowest BCUT2D eigenvalue weighted by Gasteiger charge is -2.07. The molecule has 0 spiro atoms. The number of hydrogen-bond acceptors (Lipinski definition) is 2. The Balaban J connectivity index is 1.88. The molecule has 2 rings (SSSR count). The minimum Gasteiger partial charge on any atom is -0.215 e. The Bertz CT molecular complexity index is 651. The van der Waals surface area contributed by atoms with Crippen LogP contribution in [0.5, 0.6) is 0 Å². The van der Waals surface area contributed by atoms with Gasteiger partial charge in [0.25, 0.3) is 0 Å². The van der Waals surface area contributed by atoms with Crippen LogP contribution in [0, 0.1) is 6.92 Å². The third-order valence-electron chi connectivity index (χ3n) is 3.02. The van der Waals surface area contributed by atoms with Crippen LogP contribution in [-0.2, 0) is 22.2 Å². The van der Waals surface area contributed by atoms with Crippen molar-refractivity contribution in [2.75, 3.05) is 6.54 Å². The van der Waals surface area contributed by atoms with Crippen molar-refractivity contribution in [3.8, 4) is 0 Å². The van der Waals surface area contributed by atoms with Crippen LogP contribution in [0.25, 0.3) is 0 Å². The van der Waals surface area contributed by atoms with Gasteiger partial charge in [0, 0.05) is 6.54 Å². The van der Waals surface area contributed by atoms with Crippen LogP contribution in [0.15, 0.2) is 54.6 Å². The molecule has 0 aliphatic rings. The van der Waals surface area contributed by atoms with Gasteiger partial charge in [0.15, 0.2) is 0 Å². The molecule has 3 nitrogen and oxygen atoms in total. The molecule has 0 amide bonds. The lowest BCUT2D eigenvalue weighted by molar-refractivity contribution is 0.581. The maximum absolute atomic E-state index is 12.0. The number of rotatable bonds is 6. The van der Waals surface area contributed by atoms with Crippen molar-refractivity contribution < 1.29 is 8.42 Å². The smallest absolute Gasteiger partial charge is 0.215 e. The van der Waals surface area contributed by atoms with E-state index in [4.69, 9.17) is 0 Å². The molecule has 106 valence electrons. The molecule has 0 aromatic heterocycles. The molecule has 2 aromatic rings. The Kier molecular flexibility index (Phi) is 4.93. The SMILES string of the molecule is Cc1cccc(CS(=O)(=O)NCCc2ccccc2)c1. The number of hydrogen-bond donors (Lipinski definition) is 1. The van der Waals surface area contributed by atoms with Gasteiger partial charge >= 0.3 is 0 Å². The summed E-state index contributed by atoms with van der Waals surface area (Å²) in [6.45, 7) is 2.39. The third-order valence-corrected chi connectivity index (χ3v) is 4.37. The second-order valence-corrected chi connectivity index (χ2v) is 6.68. The van der Waals surface area contributed by atoms with E-state index in [0.29, 0.717) is 13.0 Å². The lowest BCUT2D eigenvalue weighted by Crippen LogP contribution is -2.27. The Morgan fingerprint density at radius 3 is 2.35 bits per heavy atom. The summed E-state index contributed by atoms with van der Waals surface area (Å²) in [6, 6.07) is 17.4. The zero-order chi connectivity index (χ0) is 14.4. The van der Waals surface area contributed by atoms with E-state index in [-0.39, 0.29) is 5.75 Å². The molecule has 2 aromatic carbocycles. The molecule has 0 aliphatic heterocycles. The minimum absolute atomic E-state index is 0.0312. The van der Waals surface area contributed by atoms with E-state index < -0.39 is 10.0 Å². The zero-order valence-electron chi connectivity index (χ0n) is 11.5. The number of sulfonamides is 1. The van der Waals surface area contributed by atoms with E-state index >= 15 is 0 Å². The Hall–Kier alpha value is -1.65. The van der Waals surface area contributed by atoms with Crippen LogP contribution >= 0.6 is 0 Å². The fraction of sp³-hybridized carbons (Fsp3) is 0.250. The summed E-state index contributed by atoms with van der Waals surface area (Å²) in [7, 11) is -3.27. The van der Waals surface area contributed by atoms with Crippen molar-refractivity contribution in [2.24, 2.45) is 0 Å². The Morgan fingerprint density at radius 1 is 0.950 bits per heavy atom. The van der Waals surface area contributed by atoms with Crippen molar-refractivity contribution in [3.05, 3.63) is 71.3 Å². The van der Waals surface area contributed by atoms with Gasteiger partial charge in [-0.2, -0.15) is 0 Å². The maximum Gasteiger partial charge on any atom is 0.215 e. The van der Waals surface area contributed by atoms with Gasteiger partial charge < -0.3 is 0 Å². The Morgan fingerprint density at radius 2 is 1.65 bits per heavy atom. The molecule has 0 saturated heterocycles. The van der Waals surface area contributed by atoms with E-state index in [1.165, 1.54) is 0 Å². The maximum atomic E-state index is 12.0. The molecule has 4 heteroatoms. The van der Waals surface area contributed by atoms with Crippen LogP contribution in [-0.4, -0.2) is 15.0 Å². The first-order chi connectivity index (χ1) is 9.55. The van der Waals surface area contributed by atoms with Gasteiger partial charge in [-0.05, 0) is 24.5 Å². The summed E-state index contributed by atoms with van der Waals surface area (Å²) in [5, 5.41) is 0. The fourth-order valence-corrected chi connectivity index (χ4v) is 3.20. The topological polar surface area (TPSA) is 46.2 Å². The van der Waals surface area contributed by atoms with Crippen molar-refractivity contribution in [1.82, 2.24) is 4.72 Å². The highest BCUT2D eigenvalue weighted by atomic mass is 32.2. The predicted octanol–water partition coefficient (Wildman–Crippen LogP) is 2.66. The molecular formula is C16H19NO2S. The van der Waals surface area contributed by atoms with Crippen LogP contribution in [0.1, 0.15) is 16.7 Å². The second kappa shape index (κ2) is 6.68. The molecule has 0 aliphatic carbocycles. The number of aryl methyl sites for hydroxylation is 1. The molecule has 0 fully saturated rings. The molecule has 1 N–H and O–H groups in total. The summed E-state index contributed by atoms with van der Waals surface area (Å²) in [5.74, 6) is 0.0312. The molecule has 0 unspecified atom stereocenters. The van der Waals surface area contributed by atoms with Crippen molar-refractivity contribution in [2.45, 2.75) is 19.1 Å². The quantitative estimate of drug-likeness (QED) is 0.888. The third kappa shape index (κ3) is 4.79. The molecule has 0 saturated carbocycles. The minimum atomic E-state index is -3.27. The molecule has 20 heavy (non-hydrogen) atoms. The van der Waals surface area contributed by atoms with Crippen molar-refractivity contribution >= 4 is 10.0 Å². The average Bonchev–Trinajstić information content (AvgIpc) is 2.39. The highest BCUT2D eigenvalue weighted by molar-refractivity contribution is 7.88. The summed E-state index contributed by atoms with van der Waals surface area (Å²) in [5.41, 5.74) is 3.02. The molecular weight excluding hydrogens is 270 g/mol. The van der Waals surface area contributed by atoms with Crippen LogP contribution in [0.2, 0.25) is 0 Å². The summed E-state index contributed by atoms with van der Waals surface area (Å²) in [6.07, 6.45) is 0.702. The normalized spacial score (nSPS) is 11.4. The average molecular weight is 289 g/mol. The first-order valence-corrected chi connectivity index (χ1v) is 8.27. The molecule has 0 atom stereocenters. The first-order valence-electron chi connectivity index (χ1n) is 6.62. The largest absolute Gasteiger partial charge is 0.215 e. The van der Waals surface area contributed by atoms with Crippen LogP contribution in [0.3, 0.4) is 0 Å². The van der Waals surface area contributed by atoms with E-state index in [9.17, 15) is 8.42 Å². The van der Waals surface area contributed by atoms with Gasteiger partial charge in [-0.3, -0.25) is 0 Å². The van der Waals surface area contributed by atoms with Gasteiger partial charge in [0.05, 0.1) is 5.75 Å². The number of benzene rings is 2. The van der Waals surface area contributed by atoms with E-state index in [0.717, 1.165) is 16.7 Å². The first kappa shape index (κ1) is 14.8. The molecule has 0 heterocycles. The van der Waals surface area contributed by atoms with Crippen LogP contribution in [0.4, 0.5) is 0 Å². The van der Waals surface area contributed by atoms with Gasteiger partial charge in [-0.25, -0.2) is 13.1 Å². The van der Waals surface area contributed by atoms with Crippen molar-refractivity contribution in [3.63, 3.8) is 0 Å². The van der Waals surface area contributed by atoms with Gasteiger partial charge in [0.2, 0.25) is 10.0 Å². The fourth-order valence-electron chi connectivity index (χ4n) is 2.07. The van der Waals surface area contributed by atoms with E-state index in [2.05, 4.69) is 4.72 Å². The van der Waals surface area contributed by atoms with E-state index in [1.807, 2.05) is 61.5 Å². The van der Waals surface area contributed by atoms with Crippen LogP contribution < -0.4 is 4.72 Å². The molecule has 0 bridgehead atoms. The number of nitrogens with one attached hydrogen (secondary N) is 1. The van der Waals surface area contributed by atoms with Crippen molar-refractivity contribution in [1.29, 1.82) is 0 Å². The highest BCUT2D eigenvalue weighted by Gasteiger charge is 2.10. The van der Waals surface area contributed by atoms with Gasteiger partial charge in [-0.15, -0.1) is 0 Å². The van der Waals surface area contributed by atoms with E-state index in [1.54, 1.807) is 0 Å². The summed E-state index contributed by atoms with van der Waals surface area (Å²) >= 11 is 0. The van der Waals surface area contributed by atoms with Gasteiger partial charge in [-0.1, -0.05) is 60.2 Å². The monoisotopic (exact) mass is 289 g/mol. The second-order valence-electron chi connectivity index (χ2n) is 4.88. The lowest BCUT2D eigenvalue weighted by atomic mass is 10.2. The molecule has 0 radical (unpaired) electrons. The summed E-state index contributed by atoms with van der Waals surface area (Å²) in [4.78, 5) is 0. The van der Waals surface area contributed by atoms with Gasteiger partial charge in [0.1, 0.15) is 0 Å². The summed E-state index contributed by atoms with van der Waals surface area (Å²) < 4.78 is 26.6. The predicted molar refractivity (Wildman–Crippen MR) is 82.0 cm³/mol. The zero-order valence-corrected chi connectivity index (χ0v) is 12.4. The highest BCUT2D eigenvalue weighted by Crippen LogP contribution is 2.08. The Labute approximate surface area is 120 Å².